The van der Waals surface area contributed by atoms with E-state index in [0.29, 0.717) is 48.4 Å². The highest BCUT2D eigenvalue weighted by Crippen LogP contribution is 2.34. The molecule has 2 heterocycles. The highest BCUT2D eigenvalue weighted by Gasteiger charge is 2.33. The number of nitrogens with one attached hydrogen (secondary N) is 2. The zero-order valence-electron chi connectivity index (χ0n) is 21.5. The molecule has 10 heteroatoms. The van der Waals surface area contributed by atoms with Gasteiger partial charge < -0.3 is 20.3 Å². The van der Waals surface area contributed by atoms with Gasteiger partial charge in [-0.3, -0.25) is 4.21 Å². The van der Waals surface area contributed by atoms with E-state index in [1.54, 1.807) is 24.3 Å². The van der Waals surface area contributed by atoms with Gasteiger partial charge in [0, 0.05) is 35.3 Å². The lowest BCUT2D eigenvalue weighted by atomic mass is 10.1. The predicted molar refractivity (Wildman–Crippen MR) is 144 cm³/mol. The van der Waals surface area contributed by atoms with Crippen molar-refractivity contribution in [3.05, 3.63) is 66.1 Å². The summed E-state index contributed by atoms with van der Waals surface area (Å²) in [6.07, 6.45) is 0. The first kappa shape index (κ1) is 26.7. The molecule has 196 valence electrons. The van der Waals surface area contributed by atoms with Crippen LogP contribution in [0.15, 0.2) is 59.5 Å². The standard InChI is InChI=1S/C27H32FN5O3S/c1-5-29-26(34)30-21-10-6-19(7-11-21)25-31-23(16-24(32-25)33-14-15-36-17-18(33)2)27(3,4)37(35)22-12-8-20(28)9-13-22/h6-13,16,18H,5,14-15,17H2,1-4H3,(H2,29,30,34)/t18-,37?/m0/s1. The Labute approximate surface area is 219 Å². The van der Waals surface area contributed by atoms with Crippen LogP contribution in [0.25, 0.3) is 11.4 Å². The molecule has 1 fully saturated rings. The molecule has 37 heavy (non-hydrogen) atoms. The molecule has 8 nitrogen and oxygen atoms in total. The summed E-state index contributed by atoms with van der Waals surface area (Å²) in [7, 11) is -1.51. The van der Waals surface area contributed by atoms with Crippen LogP contribution in [-0.4, -0.2) is 52.6 Å². The van der Waals surface area contributed by atoms with Gasteiger partial charge in [-0.15, -0.1) is 0 Å². The van der Waals surface area contributed by atoms with Crippen molar-refractivity contribution in [2.45, 2.75) is 43.4 Å². The maximum absolute atomic E-state index is 13.6. The Morgan fingerprint density at radius 3 is 2.51 bits per heavy atom. The Morgan fingerprint density at radius 2 is 1.86 bits per heavy atom. The minimum atomic E-state index is -1.51. The summed E-state index contributed by atoms with van der Waals surface area (Å²) in [4.78, 5) is 24.3. The first-order chi connectivity index (χ1) is 17.7. The summed E-state index contributed by atoms with van der Waals surface area (Å²) in [5.41, 5.74) is 2.01. The second-order valence-corrected chi connectivity index (χ2v) is 11.4. The second-order valence-electron chi connectivity index (χ2n) is 9.35. The van der Waals surface area contributed by atoms with E-state index in [4.69, 9.17) is 14.7 Å². The van der Waals surface area contributed by atoms with Crippen molar-refractivity contribution in [2.24, 2.45) is 0 Å². The van der Waals surface area contributed by atoms with Crippen molar-refractivity contribution >= 4 is 28.3 Å². The number of morpholine rings is 1. The van der Waals surface area contributed by atoms with Crippen molar-refractivity contribution in [3.8, 4) is 11.4 Å². The largest absolute Gasteiger partial charge is 0.377 e. The van der Waals surface area contributed by atoms with Gasteiger partial charge in [0.1, 0.15) is 11.6 Å². The molecular weight excluding hydrogens is 493 g/mol. The molecule has 0 spiro atoms. The van der Waals surface area contributed by atoms with Crippen LogP contribution in [0.4, 0.5) is 20.7 Å². The van der Waals surface area contributed by atoms with Crippen molar-refractivity contribution < 1.29 is 18.1 Å². The first-order valence-corrected chi connectivity index (χ1v) is 13.4. The van der Waals surface area contributed by atoms with Crippen molar-refractivity contribution in [2.75, 3.05) is 36.5 Å². The summed E-state index contributed by atoms with van der Waals surface area (Å²) in [5, 5.41) is 5.48. The third-order valence-corrected chi connectivity index (χ3v) is 8.06. The van der Waals surface area contributed by atoms with Gasteiger partial charge in [0.15, 0.2) is 5.82 Å². The third kappa shape index (κ3) is 6.14. The number of anilines is 2. The van der Waals surface area contributed by atoms with E-state index in [9.17, 15) is 13.4 Å². The summed E-state index contributed by atoms with van der Waals surface area (Å²) >= 11 is 0. The third-order valence-electron chi connectivity index (χ3n) is 6.22. The highest BCUT2D eigenvalue weighted by molar-refractivity contribution is 7.86. The minimum Gasteiger partial charge on any atom is -0.377 e. The van der Waals surface area contributed by atoms with Crippen molar-refractivity contribution in [3.63, 3.8) is 0 Å². The number of carbonyl (C=O) groups excluding carboxylic acids is 1. The van der Waals surface area contributed by atoms with Crippen LogP contribution in [0, 0.1) is 5.82 Å². The summed E-state index contributed by atoms with van der Waals surface area (Å²) in [6.45, 7) is 10.0. The smallest absolute Gasteiger partial charge is 0.319 e. The van der Waals surface area contributed by atoms with Gasteiger partial charge in [0.05, 0.1) is 40.5 Å². The van der Waals surface area contributed by atoms with Crippen LogP contribution >= 0.6 is 0 Å². The van der Waals surface area contributed by atoms with Gasteiger partial charge >= 0.3 is 6.03 Å². The Morgan fingerprint density at radius 1 is 1.16 bits per heavy atom. The maximum Gasteiger partial charge on any atom is 0.319 e. The first-order valence-electron chi connectivity index (χ1n) is 12.3. The molecule has 3 aromatic rings. The second kappa shape index (κ2) is 11.4. The van der Waals surface area contributed by atoms with Crippen molar-refractivity contribution in [1.82, 2.24) is 15.3 Å². The fourth-order valence-corrected chi connectivity index (χ4v) is 5.34. The quantitative estimate of drug-likeness (QED) is 0.465. The Bertz CT molecular complexity index is 1270. The molecule has 1 aliphatic rings. The van der Waals surface area contributed by atoms with Gasteiger partial charge in [0.2, 0.25) is 0 Å². The lowest BCUT2D eigenvalue weighted by Gasteiger charge is -2.35. The molecular formula is C27H32FN5O3S. The molecule has 2 N–H and O–H groups in total. The van der Waals surface area contributed by atoms with E-state index >= 15 is 0 Å². The molecule has 2 atom stereocenters. The van der Waals surface area contributed by atoms with Gasteiger partial charge in [0.25, 0.3) is 0 Å². The lowest BCUT2D eigenvalue weighted by Crippen LogP contribution is -2.44. The molecule has 0 saturated carbocycles. The monoisotopic (exact) mass is 525 g/mol. The molecule has 1 unspecified atom stereocenters. The van der Waals surface area contributed by atoms with E-state index < -0.39 is 15.5 Å². The molecule has 0 radical (unpaired) electrons. The zero-order chi connectivity index (χ0) is 26.6. The lowest BCUT2D eigenvalue weighted by molar-refractivity contribution is 0.0985. The number of hydrogen-bond donors (Lipinski definition) is 2. The van der Waals surface area contributed by atoms with Crippen LogP contribution < -0.4 is 15.5 Å². The predicted octanol–water partition coefficient (Wildman–Crippen LogP) is 4.69. The summed E-state index contributed by atoms with van der Waals surface area (Å²) < 4.78 is 31.8. The van der Waals surface area contributed by atoms with E-state index in [1.807, 2.05) is 39.0 Å². The zero-order valence-corrected chi connectivity index (χ0v) is 22.3. The van der Waals surface area contributed by atoms with Crippen LogP contribution in [0.5, 0.6) is 0 Å². The molecule has 2 amide bonds. The van der Waals surface area contributed by atoms with Gasteiger partial charge in [-0.05, 0) is 76.2 Å². The molecule has 1 saturated heterocycles. The average Bonchev–Trinajstić information content (AvgIpc) is 2.89. The normalized spacial score (nSPS) is 16.8. The number of halogens is 1. The number of ether oxygens (including phenoxy) is 1. The Balaban J connectivity index is 1.74. The molecule has 1 aromatic heterocycles. The average molecular weight is 526 g/mol. The molecule has 1 aliphatic heterocycles. The van der Waals surface area contributed by atoms with Crippen molar-refractivity contribution in [1.29, 1.82) is 0 Å². The van der Waals surface area contributed by atoms with Gasteiger partial charge in [-0.25, -0.2) is 19.2 Å². The number of amides is 2. The number of benzene rings is 2. The fourth-order valence-electron chi connectivity index (χ4n) is 4.07. The Kier molecular flexibility index (Phi) is 8.19. The molecule has 0 aliphatic carbocycles. The summed E-state index contributed by atoms with van der Waals surface area (Å²) in [5.74, 6) is 0.834. The Hall–Kier alpha value is -3.37. The number of nitrogens with zero attached hydrogens (tertiary/aromatic N) is 3. The molecule has 2 aromatic carbocycles. The highest BCUT2D eigenvalue weighted by atomic mass is 32.2. The van der Waals surface area contributed by atoms with Gasteiger partial charge in [-0.2, -0.15) is 0 Å². The maximum atomic E-state index is 13.6. The van der Waals surface area contributed by atoms with E-state index in [2.05, 4.69) is 22.5 Å². The topological polar surface area (TPSA) is 96.5 Å². The number of rotatable bonds is 7. The van der Waals surface area contributed by atoms with Crippen LogP contribution in [0.3, 0.4) is 0 Å². The fraction of sp³-hybridized carbons (Fsp3) is 0.370. The molecule has 4 rings (SSSR count). The number of urea groups is 1. The SMILES string of the molecule is CCNC(=O)Nc1ccc(-c2nc(N3CCOC[C@@H]3C)cc(C(C)(C)S(=O)c3ccc(F)cc3)n2)cc1. The van der Waals surface area contributed by atoms with Crippen LogP contribution in [0.1, 0.15) is 33.4 Å². The number of hydrogen-bond acceptors (Lipinski definition) is 6. The number of aromatic nitrogens is 2. The number of carbonyl (C=O) groups is 1. The minimum absolute atomic E-state index is 0.110. The van der Waals surface area contributed by atoms with E-state index in [0.717, 1.165) is 11.4 Å². The van der Waals surface area contributed by atoms with Crippen LogP contribution in [0.2, 0.25) is 0 Å². The summed E-state index contributed by atoms with van der Waals surface area (Å²) in [6, 6.07) is 14.7. The van der Waals surface area contributed by atoms with E-state index in [1.165, 1.54) is 12.1 Å². The van der Waals surface area contributed by atoms with Gasteiger partial charge in [-0.1, -0.05) is 0 Å². The molecule has 0 bridgehead atoms. The van der Waals surface area contributed by atoms with Crippen LogP contribution in [-0.2, 0) is 20.3 Å². The van der Waals surface area contributed by atoms with E-state index in [-0.39, 0.29) is 17.9 Å².